The van der Waals surface area contributed by atoms with E-state index in [1.807, 2.05) is 42.8 Å². The normalized spacial score (nSPS) is 13.2. The van der Waals surface area contributed by atoms with Gasteiger partial charge in [-0.25, -0.2) is 4.68 Å². The largest absolute Gasteiger partial charge is 0.360 e. The zero-order valence-corrected chi connectivity index (χ0v) is 29.7. The van der Waals surface area contributed by atoms with E-state index < -0.39 is 35.7 Å². The Bertz CT molecular complexity index is 1420. The molecule has 0 aliphatic heterocycles. The molecule has 3 aromatic rings. The molecule has 242 valence electrons. The number of carbonyl (C=O) groups is 2. The lowest BCUT2D eigenvalue weighted by Crippen LogP contribution is -2.44. The predicted molar refractivity (Wildman–Crippen MR) is 182 cm³/mol. The Balaban J connectivity index is 1.69. The summed E-state index contributed by atoms with van der Waals surface area (Å²) >= 11 is 11.8. The number of ether oxygens (including phenoxy) is 1. The average molecular weight is 684 g/mol. The maximum Gasteiger partial charge on any atom is 0.270 e. The number of hydrogen-bond donors (Lipinski definition) is 2. The molecule has 14 heteroatoms. The van der Waals surface area contributed by atoms with E-state index in [0.29, 0.717) is 44.0 Å². The zero-order valence-electron chi connectivity index (χ0n) is 26.4. The van der Waals surface area contributed by atoms with Gasteiger partial charge in [0.25, 0.3) is 5.91 Å². The van der Waals surface area contributed by atoms with Gasteiger partial charge in [-0.05, 0) is 62.9 Å². The van der Waals surface area contributed by atoms with Crippen molar-refractivity contribution in [1.29, 1.82) is 0 Å². The highest BCUT2D eigenvalue weighted by Gasteiger charge is 2.24. The highest BCUT2D eigenvalue weighted by Crippen LogP contribution is 2.28. The van der Waals surface area contributed by atoms with Crippen molar-refractivity contribution in [1.82, 2.24) is 24.9 Å². The fourth-order valence-electron chi connectivity index (χ4n) is 4.62. The Hall–Kier alpha value is -2.51. The van der Waals surface area contributed by atoms with Crippen molar-refractivity contribution in [2.45, 2.75) is 82.9 Å². The van der Waals surface area contributed by atoms with Crippen LogP contribution in [0.1, 0.15) is 41.1 Å². The van der Waals surface area contributed by atoms with Crippen LogP contribution in [0, 0.1) is 13.8 Å². The summed E-state index contributed by atoms with van der Waals surface area (Å²) in [5, 5.41) is 14.6. The van der Waals surface area contributed by atoms with E-state index >= 15 is 0 Å². The number of benzene rings is 1. The quantitative estimate of drug-likeness (QED) is 0.106. The van der Waals surface area contributed by atoms with Crippen LogP contribution < -0.4 is 10.6 Å². The number of halogens is 2. The van der Waals surface area contributed by atoms with Gasteiger partial charge in [-0.2, -0.15) is 10.2 Å². The van der Waals surface area contributed by atoms with Crippen LogP contribution >= 0.6 is 23.2 Å². The van der Waals surface area contributed by atoms with Gasteiger partial charge in [-0.1, -0.05) is 31.8 Å². The third kappa shape index (κ3) is 11.1. The summed E-state index contributed by atoms with van der Waals surface area (Å²) in [6.07, 6.45) is 4.46. The number of anilines is 1. The first-order valence-electron chi connectivity index (χ1n) is 14.7. The van der Waals surface area contributed by atoms with Gasteiger partial charge in [0, 0.05) is 60.6 Å². The summed E-state index contributed by atoms with van der Waals surface area (Å²) in [6.45, 7) is 12.4. The third-order valence-corrected chi connectivity index (χ3v) is 10.0. The lowest BCUT2D eigenvalue weighted by Gasteiger charge is -2.19. The van der Waals surface area contributed by atoms with E-state index in [1.54, 1.807) is 12.3 Å². The molecule has 0 aliphatic rings. The number of alkyl halides is 2. The van der Waals surface area contributed by atoms with Gasteiger partial charge in [-0.3, -0.25) is 18.5 Å². The number of nitrogens with one attached hydrogen (secondary N) is 2. The van der Waals surface area contributed by atoms with Gasteiger partial charge in [0.2, 0.25) is 5.91 Å². The summed E-state index contributed by atoms with van der Waals surface area (Å²) in [5.74, 6) is -0.440. The van der Waals surface area contributed by atoms with E-state index in [2.05, 4.69) is 40.5 Å². The van der Waals surface area contributed by atoms with Crippen LogP contribution in [0.25, 0.3) is 11.1 Å². The number of nitrogens with zero attached hydrogens (tertiary/aromatic N) is 4. The maximum atomic E-state index is 13.4. The Labute approximate surface area is 273 Å². The van der Waals surface area contributed by atoms with Gasteiger partial charge in [0.1, 0.15) is 23.3 Å². The third-order valence-electron chi connectivity index (χ3n) is 7.11. The molecule has 0 aliphatic carbocycles. The van der Waals surface area contributed by atoms with Crippen molar-refractivity contribution >= 4 is 59.6 Å². The summed E-state index contributed by atoms with van der Waals surface area (Å²) < 4.78 is 20.8. The molecule has 0 saturated heterocycles. The Morgan fingerprint density at radius 2 is 1.77 bits per heavy atom. The van der Waals surface area contributed by atoms with Gasteiger partial charge < -0.3 is 15.4 Å². The van der Waals surface area contributed by atoms with Gasteiger partial charge in [0.15, 0.2) is 0 Å². The second kappa shape index (κ2) is 16.7. The lowest BCUT2D eigenvalue weighted by atomic mass is 10.0. The molecule has 2 aromatic heterocycles. The van der Waals surface area contributed by atoms with E-state index in [4.69, 9.17) is 27.9 Å². The Kier molecular flexibility index (Phi) is 13.6. The molecule has 1 unspecified atom stereocenters. The second-order valence-electron chi connectivity index (χ2n) is 12.0. The molecule has 0 fully saturated rings. The van der Waals surface area contributed by atoms with Crippen molar-refractivity contribution in [3.05, 3.63) is 53.6 Å². The smallest absolute Gasteiger partial charge is 0.270 e. The minimum Gasteiger partial charge on any atom is -0.360 e. The van der Waals surface area contributed by atoms with E-state index in [0.717, 1.165) is 35.2 Å². The monoisotopic (exact) mass is 682 g/mol. The number of carbonyl (C=O) groups excluding carboxylic acids is 2. The number of aryl methyl sites for hydroxylation is 2. The van der Waals surface area contributed by atoms with E-state index in [-0.39, 0.29) is 11.6 Å². The number of rotatable bonds is 17. The predicted octanol–water partition coefficient (Wildman–Crippen LogP) is 5.77. The topological polar surface area (TPSA) is 120 Å². The van der Waals surface area contributed by atoms with Crippen LogP contribution in [0.4, 0.5) is 5.69 Å². The van der Waals surface area contributed by atoms with Crippen molar-refractivity contribution < 1.29 is 18.5 Å². The minimum atomic E-state index is -1.16. The van der Waals surface area contributed by atoms with Crippen LogP contribution in [-0.2, 0) is 33.6 Å². The molecule has 1 aromatic carbocycles. The van der Waals surface area contributed by atoms with Crippen molar-refractivity contribution in [2.24, 2.45) is 0 Å². The molecule has 0 spiro atoms. The highest BCUT2D eigenvalue weighted by atomic mass is 35.5. The minimum absolute atomic E-state index is 0.290. The molecule has 2 heterocycles. The molecule has 3 rings (SSSR count). The molecule has 0 saturated carbocycles. The molecule has 10 nitrogen and oxygen atoms in total. The first-order chi connectivity index (χ1) is 20.7. The van der Waals surface area contributed by atoms with Crippen LogP contribution in [0.5, 0.6) is 0 Å². The zero-order chi connectivity index (χ0) is 32.4. The number of amides is 2. The van der Waals surface area contributed by atoms with Gasteiger partial charge in [-0.15, -0.1) is 23.2 Å². The summed E-state index contributed by atoms with van der Waals surface area (Å²) in [5.41, 5.74) is 4.81. The molecule has 2 N–H and O–H groups in total. The van der Waals surface area contributed by atoms with Gasteiger partial charge in [0.05, 0.1) is 12.2 Å². The standard InChI is InChI=1S/C30H44Cl2N6O4SSi/c1-21-28(22(2)38(36-21)20-42-17-19-44(4,5)6)23-10-12-24(13-11-23)34-29(39)25(8-7-9-27(31)32)35-30(40)26-14-15-33-37(26)16-18-43(3)41/h10-15,25,27H,7-9,16-20H2,1-6H3,(H,34,39)(H,35,40)/t25-,43?/m0/s1. The van der Waals surface area contributed by atoms with Crippen LogP contribution in [0.3, 0.4) is 0 Å². The van der Waals surface area contributed by atoms with Crippen LogP contribution in [0.15, 0.2) is 36.5 Å². The molecule has 2 amide bonds. The maximum absolute atomic E-state index is 13.4. The number of aromatic nitrogens is 4. The summed E-state index contributed by atoms with van der Waals surface area (Å²) in [6, 6.07) is 9.39. The molecular formula is C30H44Cl2N6O4SSi. The van der Waals surface area contributed by atoms with Crippen molar-refractivity contribution in [2.75, 3.05) is 23.9 Å². The molecule has 0 bridgehead atoms. The molecule has 2 atom stereocenters. The number of hydrogen-bond acceptors (Lipinski definition) is 6. The van der Waals surface area contributed by atoms with Crippen LogP contribution in [0.2, 0.25) is 25.7 Å². The first-order valence-corrected chi connectivity index (χ1v) is 21.0. The van der Waals surface area contributed by atoms with Crippen LogP contribution in [-0.4, -0.2) is 73.2 Å². The van der Waals surface area contributed by atoms with Gasteiger partial charge >= 0.3 is 0 Å². The Morgan fingerprint density at radius 3 is 2.41 bits per heavy atom. The molecule has 44 heavy (non-hydrogen) atoms. The van der Waals surface area contributed by atoms with E-state index in [9.17, 15) is 13.8 Å². The molecular weight excluding hydrogens is 639 g/mol. The fourth-order valence-corrected chi connectivity index (χ4v) is 6.11. The van der Waals surface area contributed by atoms with E-state index in [1.165, 1.54) is 10.9 Å². The first kappa shape index (κ1) is 36.0. The van der Waals surface area contributed by atoms with Crippen molar-refractivity contribution in [3.63, 3.8) is 0 Å². The average Bonchev–Trinajstić information content (AvgIpc) is 3.52. The second-order valence-corrected chi connectivity index (χ2v) is 20.5. The fraction of sp³-hybridized carbons (Fsp3) is 0.533. The van der Waals surface area contributed by atoms with Crippen molar-refractivity contribution in [3.8, 4) is 11.1 Å². The summed E-state index contributed by atoms with van der Waals surface area (Å²) in [4.78, 5) is 25.9. The molecule has 0 radical (unpaired) electrons. The Morgan fingerprint density at radius 1 is 1.07 bits per heavy atom. The SMILES string of the molecule is Cc1nn(COCC[Si](C)(C)C)c(C)c1-c1ccc(NC(=O)[C@H](CCCC(Cl)Cl)NC(=O)c2ccnn2CCS(C)=O)cc1. The lowest BCUT2D eigenvalue weighted by molar-refractivity contribution is -0.118. The summed E-state index contributed by atoms with van der Waals surface area (Å²) in [7, 11) is -2.19. The highest BCUT2D eigenvalue weighted by molar-refractivity contribution is 7.84.